The smallest absolute Gasteiger partial charge is 0.347 e. The van der Waals surface area contributed by atoms with E-state index in [9.17, 15) is 22.8 Å². The highest BCUT2D eigenvalue weighted by Gasteiger charge is 2.36. The van der Waals surface area contributed by atoms with Crippen LogP contribution in [0.25, 0.3) is 0 Å². The summed E-state index contributed by atoms with van der Waals surface area (Å²) < 4.78 is 39.2. The van der Waals surface area contributed by atoms with Crippen LogP contribution < -0.4 is 5.32 Å². The number of hydrogen-bond donors (Lipinski definition) is 1. The third-order valence-electron chi connectivity index (χ3n) is 4.02. The van der Waals surface area contributed by atoms with Crippen molar-refractivity contribution in [2.45, 2.75) is 25.2 Å². The lowest BCUT2D eigenvalue weighted by molar-refractivity contribution is -0.139. The van der Waals surface area contributed by atoms with Crippen molar-refractivity contribution >= 4 is 23.2 Å². The summed E-state index contributed by atoms with van der Waals surface area (Å²) in [6.07, 6.45) is -4.38. The SMILES string of the molecule is O=C(NC1CC(=O)N(Cc2ccccc2C(F)(F)F)C1)c1ccsc1. The number of benzene rings is 1. The lowest BCUT2D eigenvalue weighted by Crippen LogP contribution is -2.37. The highest BCUT2D eigenvalue weighted by atomic mass is 32.1. The van der Waals surface area contributed by atoms with Crippen molar-refractivity contribution in [3.05, 3.63) is 57.8 Å². The van der Waals surface area contributed by atoms with Gasteiger partial charge in [0.05, 0.1) is 11.6 Å². The van der Waals surface area contributed by atoms with Crippen molar-refractivity contribution in [3.8, 4) is 0 Å². The van der Waals surface area contributed by atoms with E-state index in [2.05, 4.69) is 5.32 Å². The standard InChI is InChI=1S/C17H15F3N2O2S/c18-17(19,20)14-4-2-1-3-11(14)8-22-9-13(7-15(22)23)21-16(24)12-5-6-25-10-12/h1-6,10,13H,7-9H2,(H,21,24). The van der Waals surface area contributed by atoms with E-state index in [1.165, 1.54) is 34.4 Å². The number of hydrogen-bond acceptors (Lipinski definition) is 3. The molecule has 8 heteroatoms. The molecular weight excluding hydrogens is 353 g/mol. The van der Waals surface area contributed by atoms with Crippen LogP contribution in [-0.4, -0.2) is 29.3 Å². The van der Waals surface area contributed by atoms with Crippen LogP contribution in [0.3, 0.4) is 0 Å². The first-order valence-corrected chi connectivity index (χ1v) is 8.55. The molecule has 0 aliphatic carbocycles. The van der Waals surface area contributed by atoms with Crippen LogP contribution in [0.5, 0.6) is 0 Å². The number of rotatable bonds is 4. The van der Waals surface area contributed by atoms with Gasteiger partial charge in [0.1, 0.15) is 0 Å². The third kappa shape index (κ3) is 4.01. The van der Waals surface area contributed by atoms with Crippen LogP contribution in [0.1, 0.15) is 27.9 Å². The fourth-order valence-corrected chi connectivity index (χ4v) is 3.46. The van der Waals surface area contributed by atoms with Crippen LogP contribution in [0.4, 0.5) is 13.2 Å². The van der Waals surface area contributed by atoms with Gasteiger partial charge in [-0.05, 0) is 23.1 Å². The van der Waals surface area contributed by atoms with Gasteiger partial charge in [0.2, 0.25) is 5.91 Å². The largest absolute Gasteiger partial charge is 0.416 e. The molecule has 0 saturated carbocycles. The molecule has 2 amide bonds. The zero-order chi connectivity index (χ0) is 18.0. The Bertz CT molecular complexity index is 774. The van der Waals surface area contributed by atoms with Crippen molar-refractivity contribution < 1.29 is 22.8 Å². The predicted molar refractivity (Wildman–Crippen MR) is 87.1 cm³/mol. The Morgan fingerprint density at radius 3 is 2.72 bits per heavy atom. The molecule has 1 fully saturated rings. The monoisotopic (exact) mass is 368 g/mol. The number of carbonyl (C=O) groups is 2. The first kappa shape index (κ1) is 17.5. The Kier molecular flexibility index (Phi) is 4.80. The predicted octanol–water partition coefficient (Wildman–Crippen LogP) is 3.30. The number of thiophene rings is 1. The molecule has 1 aliphatic rings. The van der Waals surface area contributed by atoms with Crippen molar-refractivity contribution in [3.63, 3.8) is 0 Å². The van der Waals surface area contributed by atoms with Crippen LogP contribution in [-0.2, 0) is 17.5 Å². The maximum absolute atomic E-state index is 13.1. The first-order valence-electron chi connectivity index (χ1n) is 7.60. The maximum atomic E-state index is 13.1. The Morgan fingerprint density at radius 2 is 2.04 bits per heavy atom. The Hall–Kier alpha value is -2.35. The molecule has 1 aromatic carbocycles. The maximum Gasteiger partial charge on any atom is 0.416 e. The van der Waals surface area contributed by atoms with Crippen molar-refractivity contribution in [1.29, 1.82) is 0 Å². The number of nitrogens with zero attached hydrogens (tertiary/aromatic N) is 1. The summed E-state index contributed by atoms with van der Waals surface area (Å²) in [5, 5.41) is 6.23. The van der Waals surface area contributed by atoms with E-state index in [1.807, 2.05) is 0 Å². The minimum atomic E-state index is -4.47. The summed E-state index contributed by atoms with van der Waals surface area (Å²) in [7, 11) is 0. The van der Waals surface area contributed by atoms with Crippen LogP contribution in [0.2, 0.25) is 0 Å². The van der Waals surface area contributed by atoms with Gasteiger partial charge in [0.15, 0.2) is 0 Å². The molecule has 1 saturated heterocycles. The average Bonchev–Trinajstić information content (AvgIpc) is 3.18. The number of nitrogens with one attached hydrogen (secondary N) is 1. The zero-order valence-corrected chi connectivity index (χ0v) is 13.9. The number of amides is 2. The first-order chi connectivity index (χ1) is 11.8. The van der Waals surface area contributed by atoms with E-state index in [0.29, 0.717) is 5.56 Å². The second kappa shape index (κ2) is 6.87. The second-order valence-electron chi connectivity index (χ2n) is 5.82. The van der Waals surface area contributed by atoms with Gasteiger partial charge in [-0.3, -0.25) is 9.59 Å². The molecule has 2 aromatic rings. The van der Waals surface area contributed by atoms with E-state index in [0.717, 1.165) is 6.07 Å². The summed E-state index contributed by atoms with van der Waals surface area (Å²) in [6, 6.07) is 6.48. The molecule has 1 unspecified atom stereocenters. The minimum Gasteiger partial charge on any atom is -0.347 e. The quantitative estimate of drug-likeness (QED) is 0.900. The molecule has 1 N–H and O–H groups in total. The summed E-state index contributed by atoms with van der Waals surface area (Å²) in [4.78, 5) is 25.5. The van der Waals surface area contributed by atoms with Crippen LogP contribution in [0.15, 0.2) is 41.1 Å². The molecule has 132 valence electrons. The zero-order valence-electron chi connectivity index (χ0n) is 13.0. The number of carbonyl (C=O) groups excluding carboxylic acids is 2. The van der Waals surface area contributed by atoms with E-state index in [1.54, 1.807) is 16.8 Å². The highest BCUT2D eigenvalue weighted by molar-refractivity contribution is 7.08. The fraction of sp³-hybridized carbons (Fsp3) is 0.294. The van der Waals surface area contributed by atoms with Gasteiger partial charge >= 0.3 is 6.18 Å². The van der Waals surface area contributed by atoms with Gasteiger partial charge < -0.3 is 10.2 Å². The van der Waals surface area contributed by atoms with Gasteiger partial charge in [0, 0.05) is 30.5 Å². The average molecular weight is 368 g/mol. The fourth-order valence-electron chi connectivity index (χ4n) is 2.82. The van der Waals surface area contributed by atoms with E-state index >= 15 is 0 Å². The lowest BCUT2D eigenvalue weighted by Gasteiger charge is -2.20. The Morgan fingerprint density at radius 1 is 1.28 bits per heavy atom. The number of likely N-dealkylation sites (tertiary alicyclic amines) is 1. The van der Waals surface area contributed by atoms with Crippen molar-refractivity contribution in [2.75, 3.05) is 6.54 Å². The van der Waals surface area contributed by atoms with Crippen molar-refractivity contribution in [2.24, 2.45) is 0 Å². The van der Waals surface area contributed by atoms with Gasteiger partial charge in [-0.1, -0.05) is 18.2 Å². The molecule has 1 aromatic heterocycles. The molecule has 0 radical (unpaired) electrons. The third-order valence-corrected chi connectivity index (χ3v) is 4.70. The molecule has 3 rings (SSSR count). The molecule has 25 heavy (non-hydrogen) atoms. The van der Waals surface area contributed by atoms with Gasteiger partial charge in [-0.25, -0.2) is 0 Å². The Balaban J connectivity index is 1.67. The molecular formula is C17H15F3N2O2S. The summed E-state index contributed by atoms with van der Waals surface area (Å²) >= 11 is 1.39. The van der Waals surface area contributed by atoms with E-state index in [-0.39, 0.29) is 36.9 Å². The summed E-state index contributed by atoms with van der Waals surface area (Å²) in [6.45, 7) is 0.0697. The molecule has 0 spiro atoms. The minimum absolute atomic E-state index is 0.0492. The van der Waals surface area contributed by atoms with Crippen LogP contribution >= 0.6 is 11.3 Å². The number of halogens is 3. The summed E-state index contributed by atoms with van der Waals surface area (Å²) in [5.74, 6) is -0.552. The molecule has 0 bridgehead atoms. The van der Waals surface area contributed by atoms with Crippen LogP contribution in [0, 0.1) is 0 Å². The van der Waals surface area contributed by atoms with Gasteiger partial charge in [-0.2, -0.15) is 24.5 Å². The molecule has 1 aliphatic heterocycles. The van der Waals surface area contributed by atoms with E-state index in [4.69, 9.17) is 0 Å². The summed E-state index contributed by atoms with van der Waals surface area (Å²) in [5.41, 5.74) is -0.181. The highest BCUT2D eigenvalue weighted by Crippen LogP contribution is 2.32. The van der Waals surface area contributed by atoms with Crippen molar-refractivity contribution in [1.82, 2.24) is 10.2 Å². The second-order valence-corrected chi connectivity index (χ2v) is 6.60. The van der Waals surface area contributed by atoms with Gasteiger partial charge in [-0.15, -0.1) is 0 Å². The van der Waals surface area contributed by atoms with Gasteiger partial charge in [0.25, 0.3) is 5.91 Å². The molecule has 4 nitrogen and oxygen atoms in total. The molecule has 1 atom stereocenters. The van der Waals surface area contributed by atoms with E-state index < -0.39 is 17.8 Å². The lowest BCUT2D eigenvalue weighted by atomic mass is 10.1. The topological polar surface area (TPSA) is 49.4 Å². The Labute approximate surface area is 146 Å². The normalized spacial score (nSPS) is 17.8. The molecule has 2 heterocycles. The number of alkyl halides is 3.